The second-order valence-electron chi connectivity index (χ2n) is 6.51. The highest BCUT2D eigenvalue weighted by Gasteiger charge is 2.31. The van der Waals surface area contributed by atoms with Crippen LogP contribution in [0.3, 0.4) is 0 Å². The normalized spacial score (nSPS) is 20.6. The van der Waals surface area contributed by atoms with Crippen LogP contribution < -0.4 is 4.74 Å². The van der Waals surface area contributed by atoms with E-state index in [1.54, 1.807) is 19.1 Å². The van der Waals surface area contributed by atoms with Crippen molar-refractivity contribution in [3.8, 4) is 5.75 Å². The van der Waals surface area contributed by atoms with Crippen molar-refractivity contribution in [1.82, 2.24) is 9.80 Å². The van der Waals surface area contributed by atoms with Crippen LogP contribution in [0.25, 0.3) is 0 Å². The lowest BCUT2D eigenvalue weighted by atomic mass is 10.1. The summed E-state index contributed by atoms with van der Waals surface area (Å²) in [7, 11) is 2.22. The second-order valence-corrected chi connectivity index (χ2v) is 8.74. The Bertz CT molecular complexity index is 703. The molecular formula is C17H26N2O4S. The van der Waals surface area contributed by atoms with Crippen LogP contribution in [0.5, 0.6) is 5.75 Å². The van der Waals surface area contributed by atoms with E-state index in [0.29, 0.717) is 13.1 Å². The van der Waals surface area contributed by atoms with Crippen molar-refractivity contribution < 1.29 is 17.9 Å². The highest BCUT2D eigenvalue weighted by Crippen LogP contribution is 2.20. The molecule has 1 aliphatic rings. The zero-order chi connectivity index (χ0) is 17.9. The summed E-state index contributed by atoms with van der Waals surface area (Å²) in [6, 6.07) is 5.59. The molecule has 0 spiro atoms. The Labute approximate surface area is 144 Å². The smallest absolute Gasteiger partial charge is 0.224 e. The van der Waals surface area contributed by atoms with Crippen LogP contribution in [-0.4, -0.2) is 69.4 Å². The summed E-state index contributed by atoms with van der Waals surface area (Å²) in [4.78, 5) is 16.1. The third-order valence-corrected chi connectivity index (χ3v) is 6.24. The third-order valence-electron chi connectivity index (χ3n) is 4.54. The zero-order valence-electron chi connectivity index (χ0n) is 14.8. The number of rotatable bonds is 5. The average molecular weight is 354 g/mol. The van der Waals surface area contributed by atoms with Crippen molar-refractivity contribution in [2.45, 2.75) is 25.9 Å². The number of carbonyl (C=O) groups is 1. The van der Waals surface area contributed by atoms with Crippen LogP contribution in [0.15, 0.2) is 18.2 Å². The van der Waals surface area contributed by atoms with Gasteiger partial charge in [-0.05, 0) is 31.2 Å². The Hall–Kier alpha value is -1.60. The number of ether oxygens (including phenoxy) is 1. The largest absolute Gasteiger partial charge is 0.496 e. The molecule has 7 heteroatoms. The van der Waals surface area contributed by atoms with E-state index >= 15 is 0 Å². The predicted molar refractivity (Wildman–Crippen MR) is 93.9 cm³/mol. The number of hydrogen-bond donors (Lipinski definition) is 0. The van der Waals surface area contributed by atoms with Gasteiger partial charge in [0, 0.05) is 32.6 Å². The van der Waals surface area contributed by atoms with Crippen molar-refractivity contribution >= 4 is 15.7 Å². The molecule has 1 aromatic rings. The molecular weight excluding hydrogens is 328 g/mol. The Balaban J connectivity index is 1.98. The van der Waals surface area contributed by atoms with E-state index in [0.717, 1.165) is 16.9 Å². The van der Waals surface area contributed by atoms with Gasteiger partial charge >= 0.3 is 0 Å². The first-order valence-electron chi connectivity index (χ1n) is 8.00. The lowest BCUT2D eigenvalue weighted by Gasteiger charge is -2.32. The Kier molecular flexibility index (Phi) is 5.87. The zero-order valence-corrected chi connectivity index (χ0v) is 15.6. The summed E-state index contributed by atoms with van der Waals surface area (Å²) >= 11 is 0. The van der Waals surface area contributed by atoms with Gasteiger partial charge in [0.1, 0.15) is 5.75 Å². The van der Waals surface area contributed by atoms with Crippen molar-refractivity contribution in [3.05, 3.63) is 29.3 Å². The molecule has 0 N–H and O–H groups in total. The highest BCUT2D eigenvalue weighted by molar-refractivity contribution is 7.91. The topological polar surface area (TPSA) is 66.9 Å². The molecule has 134 valence electrons. The minimum atomic E-state index is -3.03. The fourth-order valence-corrected chi connectivity index (χ4v) is 4.63. The number of aryl methyl sites for hydroxylation is 1. The van der Waals surface area contributed by atoms with E-state index in [9.17, 15) is 13.2 Å². The van der Waals surface area contributed by atoms with Gasteiger partial charge in [0.2, 0.25) is 5.91 Å². The van der Waals surface area contributed by atoms with Crippen LogP contribution in [-0.2, 0) is 21.2 Å². The fraction of sp³-hybridized carbons (Fsp3) is 0.588. The quantitative estimate of drug-likeness (QED) is 0.792. The molecule has 0 saturated carbocycles. The van der Waals surface area contributed by atoms with Crippen LogP contribution in [0.2, 0.25) is 0 Å². The second kappa shape index (κ2) is 7.53. The van der Waals surface area contributed by atoms with E-state index in [-0.39, 0.29) is 29.9 Å². The van der Waals surface area contributed by atoms with Gasteiger partial charge < -0.3 is 14.5 Å². The molecule has 1 saturated heterocycles. The Morgan fingerprint density at radius 2 is 2.12 bits per heavy atom. The highest BCUT2D eigenvalue weighted by atomic mass is 32.2. The molecule has 2 rings (SSSR count). The molecule has 1 aliphatic heterocycles. The molecule has 0 aromatic heterocycles. The van der Waals surface area contributed by atoms with E-state index in [1.807, 2.05) is 37.1 Å². The number of methoxy groups -OCH3 is 1. The van der Waals surface area contributed by atoms with E-state index < -0.39 is 9.84 Å². The summed E-state index contributed by atoms with van der Waals surface area (Å²) in [5.74, 6) is 1.01. The Morgan fingerprint density at radius 1 is 1.42 bits per heavy atom. The number of carbonyl (C=O) groups excluding carboxylic acids is 1. The number of hydrogen-bond acceptors (Lipinski definition) is 5. The fourth-order valence-electron chi connectivity index (χ4n) is 2.94. The monoisotopic (exact) mass is 354 g/mol. The van der Waals surface area contributed by atoms with Crippen LogP contribution in [0.1, 0.15) is 17.5 Å². The minimum Gasteiger partial charge on any atom is -0.496 e. The predicted octanol–water partition coefficient (Wildman–Crippen LogP) is 1.08. The summed E-state index contributed by atoms with van der Waals surface area (Å²) in [5.41, 5.74) is 2.04. The van der Waals surface area contributed by atoms with Crippen LogP contribution in [0, 0.1) is 6.92 Å². The summed E-state index contributed by atoms with van der Waals surface area (Å²) in [5, 5.41) is 0. The van der Waals surface area contributed by atoms with Gasteiger partial charge in [-0.1, -0.05) is 12.1 Å². The number of nitrogens with zero attached hydrogens (tertiary/aromatic N) is 2. The summed E-state index contributed by atoms with van der Waals surface area (Å²) < 4.78 is 28.8. The first-order valence-corrected chi connectivity index (χ1v) is 9.82. The average Bonchev–Trinajstić information content (AvgIpc) is 2.51. The van der Waals surface area contributed by atoms with Gasteiger partial charge in [0.25, 0.3) is 0 Å². The van der Waals surface area contributed by atoms with Gasteiger partial charge in [-0.3, -0.25) is 4.79 Å². The van der Waals surface area contributed by atoms with Gasteiger partial charge in [-0.25, -0.2) is 8.42 Å². The minimum absolute atomic E-state index is 0.0441. The molecule has 1 amide bonds. The van der Waals surface area contributed by atoms with Gasteiger partial charge in [0.15, 0.2) is 9.84 Å². The van der Waals surface area contributed by atoms with E-state index in [4.69, 9.17) is 4.74 Å². The maximum atomic E-state index is 12.5. The number of benzene rings is 1. The van der Waals surface area contributed by atoms with E-state index in [2.05, 4.69) is 0 Å². The third kappa shape index (κ3) is 4.70. The van der Waals surface area contributed by atoms with E-state index in [1.165, 1.54) is 0 Å². The van der Waals surface area contributed by atoms with Crippen molar-refractivity contribution in [3.63, 3.8) is 0 Å². The summed E-state index contributed by atoms with van der Waals surface area (Å²) in [6.07, 6.45) is 0.224. The number of amides is 1. The first-order chi connectivity index (χ1) is 11.2. The van der Waals surface area contributed by atoms with Crippen molar-refractivity contribution in [2.24, 2.45) is 0 Å². The van der Waals surface area contributed by atoms with Gasteiger partial charge in [-0.15, -0.1) is 0 Å². The van der Waals surface area contributed by atoms with Crippen molar-refractivity contribution in [1.29, 1.82) is 0 Å². The Morgan fingerprint density at radius 3 is 2.75 bits per heavy atom. The van der Waals surface area contributed by atoms with Gasteiger partial charge in [0.05, 0.1) is 18.6 Å². The van der Waals surface area contributed by atoms with Gasteiger partial charge in [-0.2, -0.15) is 0 Å². The molecule has 1 unspecified atom stereocenters. The molecule has 24 heavy (non-hydrogen) atoms. The maximum Gasteiger partial charge on any atom is 0.224 e. The maximum absolute atomic E-state index is 12.5. The molecule has 0 bridgehead atoms. The lowest BCUT2D eigenvalue weighted by molar-refractivity contribution is -0.131. The number of sulfone groups is 1. The molecule has 6 nitrogen and oxygen atoms in total. The van der Waals surface area contributed by atoms with Crippen LogP contribution >= 0.6 is 0 Å². The molecule has 0 aliphatic carbocycles. The first kappa shape index (κ1) is 18.7. The van der Waals surface area contributed by atoms with Crippen LogP contribution in [0.4, 0.5) is 0 Å². The molecule has 1 atom stereocenters. The lowest BCUT2D eigenvalue weighted by Crippen LogP contribution is -2.48. The molecule has 1 heterocycles. The summed E-state index contributed by atoms with van der Waals surface area (Å²) in [6.45, 7) is 2.94. The molecule has 0 radical (unpaired) electrons. The standard InChI is InChI=1S/C17H26N2O4S/c1-13-9-14(5-6-16(13)23-4)11-19(3)17(20)10-15-12-24(21,22)8-7-18(15)2/h5-6,9,15H,7-8,10-12H2,1-4H3. The molecule has 1 fully saturated rings. The SMILES string of the molecule is COc1ccc(CN(C)C(=O)CC2CS(=O)(=O)CCN2C)cc1C. The molecule has 1 aromatic carbocycles. The van der Waals surface area contributed by atoms with Crippen molar-refractivity contribution in [2.75, 3.05) is 39.3 Å².